The Morgan fingerprint density at radius 1 is 1.35 bits per heavy atom. The van der Waals surface area contributed by atoms with E-state index in [1.807, 2.05) is 13.0 Å². The molecule has 0 heterocycles. The van der Waals surface area contributed by atoms with Gasteiger partial charge in [-0.3, -0.25) is 0 Å². The van der Waals surface area contributed by atoms with Gasteiger partial charge in [-0.2, -0.15) is 5.26 Å². The Morgan fingerprint density at radius 2 is 2.10 bits per heavy atom. The van der Waals surface area contributed by atoms with E-state index in [0.717, 1.165) is 0 Å². The molecule has 2 aromatic rings. The summed E-state index contributed by atoms with van der Waals surface area (Å²) >= 11 is 3.10. The van der Waals surface area contributed by atoms with Crippen LogP contribution in [0.25, 0.3) is 0 Å². The summed E-state index contributed by atoms with van der Waals surface area (Å²) in [5.74, 6) is -0.372. The molecule has 0 radical (unpaired) electrons. The second-order valence-electron chi connectivity index (χ2n) is 4.14. The highest BCUT2D eigenvalue weighted by Gasteiger charge is 2.17. The average Bonchev–Trinajstić information content (AvgIpc) is 2.44. The highest BCUT2D eigenvalue weighted by molar-refractivity contribution is 9.10. The predicted octanol–water partition coefficient (Wildman–Crippen LogP) is 4.32. The molecule has 0 fully saturated rings. The minimum atomic E-state index is -0.491. The summed E-state index contributed by atoms with van der Waals surface area (Å²) < 4.78 is 14.5. The molecule has 3 nitrogen and oxygen atoms in total. The Balaban J connectivity index is 2.54. The second kappa shape index (κ2) is 5.93. The lowest BCUT2D eigenvalue weighted by Crippen LogP contribution is -2.17. The van der Waals surface area contributed by atoms with Gasteiger partial charge in [0.2, 0.25) is 0 Å². The maximum absolute atomic E-state index is 14.4. The maximum Gasteiger partial charge on any atom is 0.162 e. The molecule has 0 aromatic heterocycles. The number of phenolic OH excluding ortho intramolecular Hbond substituents is 1. The third kappa shape index (κ3) is 2.61. The number of nitrogens with zero attached hydrogens (tertiary/aromatic N) is 2. The van der Waals surface area contributed by atoms with E-state index in [0.29, 0.717) is 17.9 Å². The van der Waals surface area contributed by atoms with Crippen LogP contribution in [0.4, 0.5) is 15.8 Å². The van der Waals surface area contributed by atoms with Crippen LogP contribution in [0.3, 0.4) is 0 Å². The first-order valence-electron chi connectivity index (χ1n) is 6.03. The van der Waals surface area contributed by atoms with Crippen LogP contribution >= 0.6 is 15.9 Å². The Morgan fingerprint density at radius 3 is 2.70 bits per heavy atom. The molecule has 0 amide bonds. The molecule has 0 saturated heterocycles. The van der Waals surface area contributed by atoms with E-state index in [4.69, 9.17) is 5.26 Å². The van der Waals surface area contributed by atoms with E-state index in [2.05, 4.69) is 15.9 Å². The van der Waals surface area contributed by atoms with Crippen molar-refractivity contribution in [1.82, 2.24) is 0 Å². The van der Waals surface area contributed by atoms with Crippen LogP contribution in [0.1, 0.15) is 12.5 Å². The van der Waals surface area contributed by atoms with E-state index >= 15 is 0 Å². The Bertz CT molecular complexity index is 682. The van der Waals surface area contributed by atoms with Gasteiger partial charge < -0.3 is 10.0 Å². The highest BCUT2D eigenvalue weighted by atomic mass is 79.9. The van der Waals surface area contributed by atoms with Crippen LogP contribution in [0, 0.1) is 17.1 Å². The van der Waals surface area contributed by atoms with Gasteiger partial charge in [0, 0.05) is 18.3 Å². The summed E-state index contributed by atoms with van der Waals surface area (Å²) in [5.41, 5.74) is 1.28. The molecule has 0 aliphatic heterocycles. The number of hydrogen-bond acceptors (Lipinski definition) is 3. The van der Waals surface area contributed by atoms with Gasteiger partial charge in [0.05, 0.1) is 15.7 Å². The van der Waals surface area contributed by atoms with Crippen LogP contribution in [-0.4, -0.2) is 11.7 Å². The molecule has 2 aromatic carbocycles. The molecule has 0 aliphatic rings. The summed E-state index contributed by atoms with van der Waals surface area (Å²) in [6.45, 7) is 2.41. The quantitative estimate of drug-likeness (QED) is 0.908. The smallest absolute Gasteiger partial charge is 0.162 e. The molecule has 0 aliphatic carbocycles. The molecule has 102 valence electrons. The molecule has 0 bridgehead atoms. The lowest BCUT2D eigenvalue weighted by atomic mass is 10.1. The topological polar surface area (TPSA) is 47.3 Å². The number of anilines is 2. The van der Waals surface area contributed by atoms with Crippen molar-refractivity contribution in [3.8, 4) is 11.8 Å². The van der Waals surface area contributed by atoms with E-state index in [1.54, 1.807) is 41.3 Å². The summed E-state index contributed by atoms with van der Waals surface area (Å²) in [5, 5.41) is 18.4. The number of nitriles is 1. The molecular formula is C15H12BrFN2O. The highest BCUT2D eigenvalue weighted by Crippen LogP contribution is 2.34. The van der Waals surface area contributed by atoms with Crippen LogP contribution in [0.2, 0.25) is 0 Å². The molecule has 0 saturated carbocycles. The van der Waals surface area contributed by atoms with Gasteiger partial charge in [-0.25, -0.2) is 4.39 Å². The van der Waals surface area contributed by atoms with E-state index in [9.17, 15) is 9.50 Å². The van der Waals surface area contributed by atoms with Gasteiger partial charge in [-0.05, 0) is 47.1 Å². The van der Waals surface area contributed by atoms with Crippen molar-refractivity contribution in [1.29, 1.82) is 5.26 Å². The lowest BCUT2D eigenvalue weighted by molar-refractivity contribution is 0.475. The van der Waals surface area contributed by atoms with Crippen molar-refractivity contribution in [2.45, 2.75) is 6.92 Å². The van der Waals surface area contributed by atoms with Crippen LogP contribution in [0.15, 0.2) is 40.9 Å². The first-order chi connectivity index (χ1) is 9.58. The first kappa shape index (κ1) is 14.4. The molecule has 0 atom stereocenters. The monoisotopic (exact) mass is 334 g/mol. The average molecular weight is 335 g/mol. The lowest BCUT2D eigenvalue weighted by Gasteiger charge is -2.24. The molecule has 1 N–H and O–H groups in total. The molecule has 0 spiro atoms. The SMILES string of the molecule is CCN(c1cccc(O)c1)c1ccc(C#N)c(Br)c1F. The van der Waals surface area contributed by atoms with Crippen molar-refractivity contribution in [2.24, 2.45) is 0 Å². The third-order valence-corrected chi connectivity index (χ3v) is 3.71. The van der Waals surface area contributed by atoms with Gasteiger partial charge in [0.1, 0.15) is 11.8 Å². The zero-order valence-electron chi connectivity index (χ0n) is 10.8. The largest absolute Gasteiger partial charge is 0.508 e. The third-order valence-electron chi connectivity index (χ3n) is 2.93. The predicted molar refractivity (Wildman–Crippen MR) is 79.6 cm³/mol. The number of hydrogen-bond donors (Lipinski definition) is 1. The van der Waals surface area contributed by atoms with Crippen LogP contribution < -0.4 is 4.90 Å². The first-order valence-corrected chi connectivity index (χ1v) is 6.82. The minimum absolute atomic E-state index is 0.120. The second-order valence-corrected chi connectivity index (χ2v) is 4.93. The Kier molecular flexibility index (Phi) is 4.26. The fourth-order valence-corrected chi connectivity index (χ4v) is 2.41. The number of benzene rings is 2. The number of aromatic hydroxyl groups is 1. The fraction of sp³-hybridized carbons (Fsp3) is 0.133. The zero-order chi connectivity index (χ0) is 14.7. The maximum atomic E-state index is 14.4. The standard InChI is InChI=1S/C15H12BrFN2O/c1-2-19(11-4-3-5-12(20)8-11)13-7-6-10(9-18)14(16)15(13)17/h3-8,20H,2H2,1H3. The zero-order valence-corrected chi connectivity index (χ0v) is 12.4. The van der Waals surface area contributed by atoms with E-state index < -0.39 is 5.82 Å². The van der Waals surface area contributed by atoms with Crippen molar-refractivity contribution < 1.29 is 9.50 Å². The van der Waals surface area contributed by atoms with Crippen LogP contribution in [-0.2, 0) is 0 Å². The van der Waals surface area contributed by atoms with E-state index in [-0.39, 0.29) is 15.8 Å². The van der Waals surface area contributed by atoms with Gasteiger partial charge in [0.15, 0.2) is 5.82 Å². The normalized spacial score (nSPS) is 10.1. The summed E-state index contributed by atoms with van der Waals surface area (Å²) in [6.07, 6.45) is 0. The number of rotatable bonds is 3. The van der Waals surface area contributed by atoms with Gasteiger partial charge in [0.25, 0.3) is 0 Å². The van der Waals surface area contributed by atoms with Crippen molar-refractivity contribution in [2.75, 3.05) is 11.4 Å². The molecule has 5 heteroatoms. The minimum Gasteiger partial charge on any atom is -0.508 e. The Hall–Kier alpha value is -2.06. The summed E-state index contributed by atoms with van der Waals surface area (Å²) in [6, 6.07) is 11.7. The number of phenols is 1. The van der Waals surface area contributed by atoms with Gasteiger partial charge in [-0.15, -0.1) is 0 Å². The Labute approximate surface area is 125 Å². The molecular weight excluding hydrogens is 323 g/mol. The molecule has 0 unspecified atom stereocenters. The van der Waals surface area contributed by atoms with Crippen LogP contribution in [0.5, 0.6) is 5.75 Å². The van der Waals surface area contributed by atoms with Gasteiger partial charge >= 0.3 is 0 Å². The van der Waals surface area contributed by atoms with E-state index in [1.165, 1.54) is 0 Å². The molecule has 2 rings (SSSR count). The van der Waals surface area contributed by atoms with Crippen molar-refractivity contribution in [3.05, 3.63) is 52.3 Å². The fourth-order valence-electron chi connectivity index (χ4n) is 1.99. The molecule has 20 heavy (non-hydrogen) atoms. The van der Waals surface area contributed by atoms with Crippen molar-refractivity contribution >= 4 is 27.3 Å². The van der Waals surface area contributed by atoms with Crippen molar-refractivity contribution in [3.63, 3.8) is 0 Å². The summed E-state index contributed by atoms with van der Waals surface area (Å²) in [4.78, 5) is 1.72. The summed E-state index contributed by atoms with van der Waals surface area (Å²) in [7, 11) is 0. The van der Waals surface area contributed by atoms with Gasteiger partial charge in [-0.1, -0.05) is 6.07 Å². The number of halogens is 2.